The van der Waals surface area contributed by atoms with Gasteiger partial charge in [0.25, 0.3) is 0 Å². The highest BCUT2D eigenvalue weighted by Gasteiger charge is 2.18. The summed E-state index contributed by atoms with van der Waals surface area (Å²) in [7, 11) is 0. The summed E-state index contributed by atoms with van der Waals surface area (Å²) < 4.78 is 0.875. The molecule has 0 saturated heterocycles. The molecule has 1 aromatic carbocycles. The van der Waals surface area contributed by atoms with Crippen LogP contribution < -0.4 is 0 Å². The highest BCUT2D eigenvalue weighted by atomic mass is 127. The lowest BCUT2D eigenvalue weighted by atomic mass is 10.1. The summed E-state index contributed by atoms with van der Waals surface area (Å²) in [6.45, 7) is -0.438. The summed E-state index contributed by atoms with van der Waals surface area (Å²) in [4.78, 5) is 0. The van der Waals surface area contributed by atoms with E-state index in [1.807, 2.05) is 12.1 Å². The molecule has 0 aliphatic rings. The molecule has 2 atom stereocenters. The Kier molecular flexibility index (Phi) is 4.11. The smallest absolute Gasteiger partial charge is 0.108 e. The molecule has 0 heterocycles. The average molecular weight is 294 g/mol. The first-order valence-electron chi connectivity index (χ1n) is 3.88. The van der Waals surface area contributed by atoms with Crippen LogP contribution in [-0.4, -0.2) is 28.0 Å². The van der Waals surface area contributed by atoms with Gasteiger partial charge in [0.1, 0.15) is 12.2 Å². The maximum absolute atomic E-state index is 9.56. The molecular weight excluding hydrogens is 283 g/mol. The molecule has 2 unspecified atom stereocenters. The largest absolute Gasteiger partial charge is 0.394 e. The lowest BCUT2D eigenvalue weighted by Crippen LogP contribution is -2.22. The molecular formula is C9H11IO3. The predicted octanol–water partition coefficient (Wildman–Crippen LogP) is 0.678. The molecule has 0 fully saturated rings. The van der Waals surface area contributed by atoms with E-state index in [9.17, 15) is 10.2 Å². The molecule has 0 radical (unpaired) electrons. The van der Waals surface area contributed by atoms with Crippen LogP contribution in [0.3, 0.4) is 0 Å². The summed E-state index contributed by atoms with van der Waals surface area (Å²) in [6, 6.07) is 7.20. The molecule has 0 aromatic heterocycles. The molecule has 3 nitrogen and oxygen atoms in total. The van der Waals surface area contributed by atoms with E-state index in [0.717, 1.165) is 3.57 Å². The second kappa shape index (κ2) is 4.90. The number of aliphatic hydroxyl groups is 3. The lowest BCUT2D eigenvalue weighted by Gasteiger charge is -2.16. The standard InChI is InChI=1S/C9H11IO3/c10-7-4-2-1-3-6(7)9(13)8(12)5-11/h1-4,8-9,11-13H,5H2. The monoisotopic (exact) mass is 294 g/mol. The molecule has 0 aliphatic carbocycles. The highest BCUT2D eigenvalue weighted by Crippen LogP contribution is 2.22. The molecule has 0 spiro atoms. The Balaban J connectivity index is 2.88. The summed E-state index contributed by atoms with van der Waals surface area (Å²) in [5.74, 6) is 0. The summed E-state index contributed by atoms with van der Waals surface area (Å²) in [5, 5.41) is 27.4. The fraction of sp³-hybridized carbons (Fsp3) is 0.333. The maximum Gasteiger partial charge on any atom is 0.108 e. The van der Waals surface area contributed by atoms with Gasteiger partial charge in [-0.05, 0) is 34.2 Å². The topological polar surface area (TPSA) is 60.7 Å². The third-order valence-corrected chi connectivity index (χ3v) is 2.76. The van der Waals surface area contributed by atoms with Crippen molar-refractivity contribution in [3.63, 3.8) is 0 Å². The van der Waals surface area contributed by atoms with Gasteiger partial charge in [-0.1, -0.05) is 18.2 Å². The van der Waals surface area contributed by atoms with Crippen LogP contribution >= 0.6 is 22.6 Å². The molecule has 4 heteroatoms. The Hall–Kier alpha value is -0.170. The first kappa shape index (κ1) is 10.9. The van der Waals surface area contributed by atoms with Crippen LogP contribution in [0.25, 0.3) is 0 Å². The normalized spacial score (nSPS) is 15.4. The van der Waals surface area contributed by atoms with Gasteiger partial charge in [0.2, 0.25) is 0 Å². The van der Waals surface area contributed by atoms with Gasteiger partial charge in [0, 0.05) is 3.57 Å². The molecule has 13 heavy (non-hydrogen) atoms. The van der Waals surface area contributed by atoms with Crippen LogP contribution in [0.4, 0.5) is 0 Å². The van der Waals surface area contributed by atoms with Crippen molar-refractivity contribution in [2.45, 2.75) is 12.2 Å². The van der Waals surface area contributed by atoms with Crippen molar-refractivity contribution in [2.24, 2.45) is 0 Å². The second-order valence-electron chi connectivity index (χ2n) is 2.72. The molecule has 0 aliphatic heterocycles. The second-order valence-corrected chi connectivity index (χ2v) is 3.88. The molecule has 1 aromatic rings. The fourth-order valence-corrected chi connectivity index (χ4v) is 1.73. The van der Waals surface area contributed by atoms with Gasteiger partial charge >= 0.3 is 0 Å². The van der Waals surface area contributed by atoms with Crippen molar-refractivity contribution < 1.29 is 15.3 Å². The van der Waals surface area contributed by atoms with E-state index in [1.165, 1.54) is 0 Å². The Morgan fingerprint density at radius 2 is 1.85 bits per heavy atom. The maximum atomic E-state index is 9.56. The van der Waals surface area contributed by atoms with Crippen LogP contribution in [-0.2, 0) is 0 Å². The lowest BCUT2D eigenvalue weighted by molar-refractivity contribution is -0.0156. The molecule has 72 valence electrons. The fourth-order valence-electron chi connectivity index (χ4n) is 1.02. The Morgan fingerprint density at radius 1 is 1.23 bits per heavy atom. The minimum atomic E-state index is -1.11. The quantitative estimate of drug-likeness (QED) is 0.718. The summed E-state index contributed by atoms with van der Waals surface area (Å²) in [6.07, 6.45) is -2.13. The van der Waals surface area contributed by atoms with Gasteiger partial charge in [-0.3, -0.25) is 0 Å². The third kappa shape index (κ3) is 2.63. The van der Waals surface area contributed by atoms with Crippen molar-refractivity contribution in [3.8, 4) is 0 Å². The zero-order valence-corrected chi connectivity index (χ0v) is 9.05. The highest BCUT2D eigenvalue weighted by molar-refractivity contribution is 14.1. The van der Waals surface area contributed by atoms with Gasteiger partial charge in [0.05, 0.1) is 6.61 Å². The number of benzene rings is 1. The molecule has 0 bridgehead atoms. The molecule has 1 rings (SSSR count). The molecule has 0 saturated carbocycles. The van der Waals surface area contributed by atoms with Crippen molar-refractivity contribution in [1.82, 2.24) is 0 Å². The predicted molar refractivity (Wildman–Crippen MR) is 57.2 cm³/mol. The Bertz CT molecular complexity index is 277. The van der Waals surface area contributed by atoms with Gasteiger partial charge < -0.3 is 15.3 Å². The van der Waals surface area contributed by atoms with Gasteiger partial charge in [0.15, 0.2) is 0 Å². The van der Waals surface area contributed by atoms with E-state index in [-0.39, 0.29) is 0 Å². The number of aliphatic hydroxyl groups excluding tert-OH is 3. The van der Waals surface area contributed by atoms with E-state index in [2.05, 4.69) is 22.6 Å². The van der Waals surface area contributed by atoms with Crippen LogP contribution in [0.1, 0.15) is 11.7 Å². The van der Waals surface area contributed by atoms with Gasteiger partial charge in [-0.15, -0.1) is 0 Å². The van der Waals surface area contributed by atoms with Crippen molar-refractivity contribution in [1.29, 1.82) is 0 Å². The zero-order chi connectivity index (χ0) is 9.84. The Morgan fingerprint density at radius 3 is 2.38 bits per heavy atom. The third-order valence-electron chi connectivity index (χ3n) is 1.78. The number of hydrogen-bond acceptors (Lipinski definition) is 3. The Labute approximate surface area is 90.2 Å². The first-order valence-corrected chi connectivity index (χ1v) is 4.96. The van der Waals surface area contributed by atoms with Crippen LogP contribution in [0.5, 0.6) is 0 Å². The molecule has 3 N–H and O–H groups in total. The van der Waals surface area contributed by atoms with Crippen LogP contribution in [0, 0.1) is 3.57 Å². The number of halogens is 1. The van der Waals surface area contributed by atoms with Crippen molar-refractivity contribution >= 4 is 22.6 Å². The van der Waals surface area contributed by atoms with E-state index >= 15 is 0 Å². The van der Waals surface area contributed by atoms with Gasteiger partial charge in [-0.2, -0.15) is 0 Å². The van der Waals surface area contributed by atoms with E-state index < -0.39 is 18.8 Å². The van der Waals surface area contributed by atoms with Crippen molar-refractivity contribution in [3.05, 3.63) is 33.4 Å². The summed E-state index contributed by atoms with van der Waals surface area (Å²) >= 11 is 2.07. The average Bonchev–Trinajstić information content (AvgIpc) is 2.16. The first-order chi connectivity index (χ1) is 6.16. The molecule has 0 amide bonds. The SMILES string of the molecule is OCC(O)C(O)c1ccccc1I. The van der Waals surface area contributed by atoms with E-state index in [0.29, 0.717) is 5.56 Å². The van der Waals surface area contributed by atoms with Crippen molar-refractivity contribution in [2.75, 3.05) is 6.61 Å². The van der Waals surface area contributed by atoms with E-state index in [4.69, 9.17) is 5.11 Å². The summed E-state index contributed by atoms with van der Waals surface area (Å²) in [5.41, 5.74) is 0.643. The van der Waals surface area contributed by atoms with Crippen LogP contribution in [0.15, 0.2) is 24.3 Å². The van der Waals surface area contributed by atoms with E-state index in [1.54, 1.807) is 12.1 Å². The number of hydrogen-bond donors (Lipinski definition) is 3. The zero-order valence-electron chi connectivity index (χ0n) is 6.89. The van der Waals surface area contributed by atoms with Crippen LogP contribution in [0.2, 0.25) is 0 Å². The minimum Gasteiger partial charge on any atom is -0.394 e. The minimum absolute atomic E-state index is 0.438. The van der Waals surface area contributed by atoms with Gasteiger partial charge in [-0.25, -0.2) is 0 Å². The number of rotatable bonds is 3.